The smallest absolute Gasteiger partial charge is 0.291 e. The van der Waals surface area contributed by atoms with Crippen LogP contribution in [0.1, 0.15) is 10.6 Å². The number of amides is 1. The number of aromatic amines is 1. The number of rotatable bonds is 4. The van der Waals surface area contributed by atoms with Crippen LogP contribution in [0.5, 0.6) is 0 Å². The minimum Gasteiger partial charge on any atom is -0.438 e. The Hall–Kier alpha value is -2.69. The van der Waals surface area contributed by atoms with Gasteiger partial charge < -0.3 is 19.5 Å². The lowest BCUT2D eigenvalue weighted by Crippen LogP contribution is -2.40. The van der Waals surface area contributed by atoms with Gasteiger partial charge in [-0.15, -0.1) is 0 Å². The molecule has 1 aliphatic rings. The van der Waals surface area contributed by atoms with Gasteiger partial charge in [0, 0.05) is 13.1 Å². The lowest BCUT2D eigenvalue weighted by Gasteiger charge is -2.24. The number of carbonyl (C=O) groups excluding carboxylic acids is 1. The number of benzene rings is 1. The number of aromatic nitrogens is 2. The van der Waals surface area contributed by atoms with E-state index in [1.165, 1.54) is 22.8 Å². The van der Waals surface area contributed by atoms with Crippen LogP contribution in [0.3, 0.4) is 0 Å². The fourth-order valence-corrected chi connectivity index (χ4v) is 4.06. The number of nitrogens with one attached hydrogen (secondary N) is 2. The Kier molecular flexibility index (Phi) is 4.23. The molecule has 0 atom stereocenters. The summed E-state index contributed by atoms with van der Waals surface area (Å²) in [5.41, 5.74) is 1.88. The second kappa shape index (κ2) is 6.56. The van der Waals surface area contributed by atoms with Crippen LogP contribution in [-0.4, -0.2) is 54.9 Å². The van der Waals surface area contributed by atoms with E-state index in [0.717, 1.165) is 5.52 Å². The summed E-state index contributed by atoms with van der Waals surface area (Å²) in [4.78, 5) is 19.5. The molecular weight excluding hydrogens is 360 g/mol. The summed E-state index contributed by atoms with van der Waals surface area (Å²) in [6.07, 6.45) is 1.53. The Morgan fingerprint density at radius 2 is 2.00 bits per heavy atom. The third-order valence-corrected chi connectivity index (χ3v) is 5.84. The SMILES string of the molecule is O=C(Nc1cccc2[nH]cnc12)c1ccc(S(=O)(=O)N2CCOCC2)o1. The summed E-state index contributed by atoms with van der Waals surface area (Å²) in [7, 11) is -3.78. The van der Waals surface area contributed by atoms with Crippen LogP contribution >= 0.6 is 0 Å². The van der Waals surface area contributed by atoms with Crippen LogP contribution in [0.25, 0.3) is 11.0 Å². The molecule has 1 saturated heterocycles. The zero-order chi connectivity index (χ0) is 18.1. The first-order valence-electron chi connectivity index (χ1n) is 7.97. The first kappa shape index (κ1) is 16.8. The number of fused-ring (bicyclic) bond motifs is 1. The third kappa shape index (κ3) is 2.98. The number of furan rings is 1. The van der Waals surface area contributed by atoms with E-state index in [1.807, 2.05) is 6.07 Å². The topological polar surface area (TPSA) is 118 Å². The summed E-state index contributed by atoms with van der Waals surface area (Å²) in [5, 5.41) is 2.43. The molecule has 3 heterocycles. The average molecular weight is 376 g/mol. The van der Waals surface area contributed by atoms with E-state index < -0.39 is 15.9 Å². The van der Waals surface area contributed by atoms with Gasteiger partial charge in [-0.25, -0.2) is 13.4 Å². The number of imidazole rings is 1. The van der Waals surface area contributed by atoms with Crippen molar-refractivity contribution in [2.75, 3.05) is 31.6 Å². The first-order valence-corrected chi connectivity index (χ1v) is 9.41. The monoisotopic (exact) mass is 376 g/mol. The highest BCUT2D eigenvalue weighted by Crippen LogP contribution is 2.23. The molecule has 0 radical (unpaired) electrons. The fourth-order valence-electron chi connectivity index (χ4n) is 2.75. The van der Waals surface area contributed by atoms with E-state index in [9.17, 15) is 13.2 Å². The molecule has 4 rings (SSSR count). The van der Waals surface area contributed by atoms with E-state index in [-0.39, 0.29) is 23.9 Å². The van der Waals surface area contributed by atoms with E-state index in [1.54, 1.807) is 12.1 Å². The Labute approximate surface area is 149 Å². The van der Waals surface area contributed by atoms with Crippen molar-refractivity contribution in [2.45, 2.75) is 5.09 Å². The number of hydrogen-bond donors (Lipinski definition) is 2. The van der Waals surface area contributed by atoms with Crippen molar-refractivity contribution in [1.82, 2.24) is 14.3 Å². The predicted octanol–water partition coefficient (Wildman–Crippen LogP) is 1.43. The van der Waals surface area contributed by atoms with Crippen molar-refractivity contribution in [3.63, 3.8) is 0 Å². The zero-order valence-electron chi connectivity index (χ0n) is 13.6. The first-order chi connectivity index (χ1) is 12.6. The van der Waals surface area contributed by atoms with Gasteiger partial charge in [0.1, 0.15) is 5.52 Å². The highest BCUT2D eigenvalue weighted by molar-refractivity contribution is 7.89. The van der Waals surface area contributed by atoms with Gasteiger partial charge in [0.15, 0.2) is 5.76 Å². The number of sulfonamides is 1. The molecule has 1 fully saturated rings. The number of nitrogens with zero attached hydrogens (tertiary/aromatic N) is 2. The van der Waals surface area contributed by atoms with Crippen LogP contribution in [0.15, 0.2) is 46.2 Å². The minimum absolute atomic E-state index is 0.0932. The summed E-state index contributed by atoms with van der Waals surface area (Å²) in [6, 6.07) is 7.93. The molecule has 0 aliphatic carbocycles. The van der Waals surface area contributed by atoms with E-state index >= 15 is 0 Å². The van der Waals surface area contributed by atoms with Crippen LogP contribution in [-0.2, 0) is 14.8 Å². The van der Waals surface area contributed by atoms with Gasteiger partial charge >= 0.3 is 0 Å². The fraction of sp³-hybridized carbons (Fsp3) is 0.250. The maximum atomic E-state index is 12.6. The molecule has 2 aromatic heterocycles. The molecular formula is C16H16N4O5S. The summed E-state index contributed by atoms with van der Waals surface area (Å²) >= 11 is 0. The van der Waals surface area contributed by atoms with Gasteiger partial charge in [0.05, 0.1) is 30.7 Å². The number of morpholine rings is 1. The Morgan fingerprint density at radius 3 is 2.81 bits per heavy atom. The number of hydrogen-bond acceptors (Lipinski definition) is 6. The molecule has 1 amide bonds. The Morgan fingerprint density at radius 1 is 1.19 bits per heavy atom. The largest absolute Gasteiger partial charge is 0.438 e. The molecule has 10 heteroatoms. The quantitative estimate of drug-likeness (QED) is 0.711. The van der Waals surface area contributed by atoms with Gasteiger partial charge in [0.2, 0.25) is 5.09 Å². The molecule has 0 unspecified atom stereocenters. The van der Waals surface area contributed by atoms with Crippen LogP contribution in [0.2, 0.25) is 0 Å². The highest BCUT2D eigenvalue weighted by Gasteiger charge is 2.30. The average Bonchev–Trinajstić information content (AvgIpc) is 3.33. The second-order valence-corrected chi connectivity index (χ2v) is 7.56. The summed E-state index contributed by atoms with van der Waals surface area (Å²) in [5.74, 6) is -0.645. The van der Waals surface area contributed by atoms with E-state index in [2.05, 4.69) is 15.3 Å². The number of ether oxygens (including phenoxy) is 1. The Balaban J connectivity index is 1.56. The zero-order valence-corrected chi connectivity index (χ0v) is 14.5. The van der Waals surface area contributed by atoms with E-state index in [4.69, 9.17) is 9.15 Å². The lowest BCUT2D eigenvalue weighted by molar-refractivity contribution is 0.0723. The van der Waals surface area contributed by atoms with Crippen molar-refractivity contribution < 1.29 is 22.4 Å². The van der Waals surface area contributed by atoms with Gasteiger partial charge in [0.25, 0.3) is 15.9 Å². The molecule has 0 spiro atoms. The van der Waals surface area contributed by atoms with Crippen LogP contribution in [0, 0.1) is 0 Å². The lowest BCUT2D eigenvalue weighted by atomic mass is 10.2. The molecule has 1 aliphatic heterocycles. The van der Waals surface area contributed by atoms with Gasteiger partial charge in [-0.2, -0.15) is 4.31 Å². The molecule has 26 heavy (non-hydrogen) atoms. The third-order valence-electron chi connectivity index (χ3n) is 4.07. The minimum atomic E-state index is -3.78. The second-order valence-electron chi connectivity index (χ2n) is 5.69. The molecule has 9 nitrogen and oxygen atoms in total. The molecule has 136 valence electrons. The van der Waals surface area contributed by atoms with Crippen molar-refractivity contribution in [1.29, 1.82) is 0 Å². The highest BCUT2D eigenvalue weighted by atomic mass is 32.2. The standard InChI is InChI=1S/C16H16N4O5S/c21-16(19-12-3-1-2-11-15(12)18-10-17-11)13-4-5-14(25-13)26(22,23)20-6-8-24-9-7-20/h1-5,10H,6-9H2,(H,17,18)(H,19,21). The van der Waals surface area contributed by atoms with Crippen LogP contribution in [0.4, 0.5) is 5.69 Å². The number of anilines is 1. The normalized spacial score (nSPS) is 16.0. The molecule has 1 aromatic carbocycles. The molecule has 3 aromatic rings. The van der Waals surface area contributed by atoms with Crippen molar-refractivity contribution in [2.24, 2.45) is 0 Å². The van der Waals surface area contributed by atoms with E-state index in [0.29, 0.717) is 24.4 Å². The number of H-pyrrole nitrogens is 1. The summed E-state index contributed by atoms with van der Waals surface area (Å²) in [6.45, 7) is 1.18. The van der Waals surface area contributed by atoms with Crippen molar-refractivity contribution in [3.8, 4) is 0 Å². The number of para-hydroxylation sites is 1. The van der Waals surface area contributed by atoms with Crippen molar-refractivity contribution in [3.05, 3.63) is 42.4 Å². The molecule has 0 saturated carbocycles. The maximum Gasteiger partial charge on any atom is 0.291 e. The van der Waals surface area contributed by atoms with Crippen LogP contribution < -0.4 is 5.32 Å². The summed E-state index contributed by atoms with van der Waals surface area (Å²) < 4.78 is 36.9. The molecule has 2 N–H and O–H groups in total. The van der Waals surface area contributed by atoms with Crippen molar-refractivity contribution >= 4 is 32.7 Å². The maximum absolute atomic E-state index is 12.6. The van der Waals surface area contributed by atoms with Gasteiger partial charge in [-0.3, -0.25) is 4.79 Å². The van der Waals surface area contributed by atoms with Gasteiger partial charge in [-0.05, 0) is 24.3 Å². The predicted molar refractivity (Wildman–Crippen MR) is 92.3 cm³/mol. The Bertz CT molecular complexity index is 1050. The van der Waals surface area contributed by atoms with Gasteiger partial charge in [-0.1, -0.05) is 6.07 Å². The number of carbonyl (C=O) groups is 1. The molecule has 0 bridgehead atoms.